The van der Waals surface area contributed by atoms with Gasteiger partial charge >= 0.3 is 5.97 Å². The van der Waals surface area contributed by atoms with Crippen molar-refractivity contribution in [2.24, 2.45) is 5.92 Å². The number of piperidine rings is 2. The molecule has 2 rings (SSSR count). The molecule has 3 nitrogen and oxygen atoms in total. The van der Waals surface area contributed by atoms with E-state index in [1.807, 2.05) is 0 Å². The Balaban J connectivity index is 1.99. The molecule has 0 aromatic heterocycles. The predicted molar refractivity (Wildman–Crippen MR) is 62.9 cm³/mol. The third kappa shape index (κ3) is 2.40. The van der Waals surface area contributed by atoms with E-state index in [0.717, 1.165) is 6.04 Å². The predicted octanol–water partition coefficient (Wildman–Crippen LogP) is 1.96. The number of carbonyl (C=O) groups excluding carboxylic acids is 1. The smallest absolute Gasteiger partial charge is 0.302 e. The maximum Gasteiger partial charge on any atom is 0.302 e. The van der Waals surface area contributed by atoms with E-state index in [-0.39, 0.29) is 5.97 Å². The fraction of sp³-hybridized carbons (Fsp3) is 0.923. The van der Waals surface area contributed by atoms with Gasteiger partial charge in [0.25, 0.3) is 0 Å². The maximum atomic E-state index is 10.9. The Morgan fingerprint density at radius 1 is 1.25 bits per heavy atom. The largest absolute Gasteiger partial charge is 0.465 e. The average Bonchev–Trinajstić information content (AvgIpc) is 2.25. The van der Waals surface area contributed by atoms with Crippen molar-refractivity contribution < 1.29 is 14.0 Å². The van der Waals surface area contributed by atoms with Gasteiger partial charge in [-0.05, 0) is 25.7 Å². The molecule has 2 saturated heterocycles. The Kier molecular flexibility index (Phi) is 3.53. The fourth-order valence-corrected chi connectivity index (χ4v) is 3.65. The second-order valence-electron chi connectivity index (χ2n) is 5.69. The average molecular weight is 226 g/mol. The van der Waals surface area contributed by atoms with Gasteiger partial charge in [-0.1, -0.05) is 0 Å². The maximum absolute atomic E-state index is 10.9. The highest BCUT2D eigenvalue weighted by Crippen LogP contribution is 2.35. The van der Waals surface area contributed by atoms with Gasteiger partial charge < -0.3 is 9.22 Å². The summed E-state index contributed by atoms with van der Waals surface area (Å²) >= 11 is 0. The highest BCUT2D eigenvalue weighted by atomic mass is 16.5. The van der Waals surface area contributed by atoms with E-state index in [9.17, 15) is 4.79 Å². The Bertz CT molecular complexity index is 263. The SMILES string of the molecule is CC(=O)OC[C@H]1CCC[N@@+]2(C)CCCC[C@@H]12. The number of hydrogen-bond acceptors (Lipinski definition) is 2. The molecule has 3 heteroatoms. The number of hydrogen-bond donors (Lipinski definition) is 0. The molecule has 92 valence electrons. The Morgan fingerprint density at radius 2 is 2.00 bits per heavy atom. The zero-order valence-corrected chi connectivity index (χ0v) is 10.6. The second kappa shape index (κ2) is 4.74. The molecule has 2 aliphatic rings. The van der Waals surface area contributed by atoms with Crippen LogP contribution >= 0.6 is 0 Å². The number of nitrogens with zero attached hydrogens (tertiary/aromatic N) is 1. The van der Waals surface area contributed by atoms with E-state index in [4.69, 9.17) is 4.74 Å². The number of esters is 1. The van der Waals surface area contributed by atoms with Crippen molar-refractivity contribution in [2.45, 2.75) is 45.1 Å². The van der Waals surface area contributed by atoms with Crippen molar-refractivity contribution in [3.63, 3.8) is 0 Å². The van der Waals surface area contributed by atoms with Crippen molar-refractivity contribution in [1.29, 1.82) is 0 Å². The summed E-state index contributed by atoms with van der Waals surface area (Å²) in [7, 11) is 2.39. The highest BCUT2D eigenvalue weighted by Gasteiger charge is 2.43. The van der Waals surface area contributed by atoms with Gasteiger partial charge in [-0.15, -0.1) is 0 Å². The van der Waals surface area contributed by atoms with Gasteiger partial charge in [0.05, 0.1) is 32.8 Å². The standard InChI is InChI=1S/C13H24NO2/c1-11(15)16-10-12-6-5-9-14(2)8-4-3-7-13(12)14/h12-13H,3-10H2,1-2H3/q+1/t12-,13+,14-/m1/s1. The molecule has 0 spiro atoms. The first-order valence-corrected chi connectivity index (χ1v) is 6.59. The molecular formula is C13H24NO2+. The Labute approximate surface area is 98.4 Å². The first kappa shape index (κ1) is 11.9. The minimum atomic E-state index is -0.129. The molecule has 2 heterocycles. The molecule has 2 aliphatic heterocycles. The molecule has 0 aromatic rings. The molecule has 0 aromatic carbocycles. The molecule has 0 bridgehead atoms. The highest BCUT2D eigenvalue weighted by molar-refractivity contribution is 5.65. The Morgan fingerprint density at radius 3 is 2.75 bits per heavy atom. The summed E-state index contributed by atoms with van der Waals surface area (Å²) in [6.07, 6.45) is 6.58. The van der Waals surface area contributed by atoms with Crippen LogP contribution in [0.2, 0.25) is 0 Å². The molecule has 0 aliphatic carbocycles. The van der Waals surface area contributed by atoms with Crippen molar-refractivity contribution in [3.05, 3.63) is 0 Å². The zero-order chi connectivity index (χ0) is 11.6. The van der Waals surface area contributed by atoms with Gasteiger partial charge in [0.1, 0.15) is 0 Å². The van der Waals surface area contributed by atoms with Crippen LogP contribution in [0.25, 0.3) is 0 Å². The van der Waals surface area contributed by atoms with Crippen molar-refractivity contribution in [1.82, 2.24) is 0 Å². The third-order valence-corrected chi connectivity index (χ3v) is 4.51. The monoisotopic (exact) mass is 226 g/mol. The normalized spacial score (nSPS) is 38.9. The van der Waals surface area contributed by atoms with E-state index in [2.05, 4.69) is 7.05 Å². The van der Waals surface area contributed by atoms with Gasteiger partial charge in [-0.3, -0.25) is 4.79 Å². The summed E-state index contributed by atoms with van der Waals surface area (Å²) in [5, 5.41) is 0. The van der Waals surface area contributed by atoms with Crippen LogP contribution in [-0.2, 0) is 9.53 Å². The van der Waals surface area contributed by atoms with E-state index in [0.29, 0.717) is 12.5 Å². The number of quaternary nitrogens is 1. The van der Waals surface area contributed by atoms with Gasteiger partial charge in [-0.2, -0.15) is 0 Å². The molecule has 0 saturated carbocycles. The van der Waals surface area contributed by atoms with Crippen LogP contribution in [0.1, 0.15) is 39.0 Å². The topological polar surface area (TPSA) is 26.3 Å². The van der Waals surface area contributed by atoms with Crippen LogP contribution in [0, 0.1) is 5.92 Å². The van der Waals surface area contributed by atoms with Crippen molar-refractivity contribution >= 4 is 5.97 Å². The minimum Gasteiger partial charge on any atom is -0.465 e. The molecule has 2 fully saturated rings. The summed E-state index contributed by atoms with van der Waals surface area (Å²) in [4.78, 5) is 10.9. The van der Waals surface area contributed by atoms with Gasteiger partial charge in [0, 0.05) is 19.3 Å². The first-order chi connectivity index (χ1) is 7.62. The van der Waals surface area contributed by atoms with Crippen LogP contribution in [0.15, 0.2) is 0 Å². The first-order valence-electron chi connectivity index (χ1n) is 6.59. The summed E-state index contributed by atoms with van der Waals surface area (Å²) in [6.45, 7) is 4.80. The number of rotatable bonds is 2. The van der Waals surface area contributed by atoms with Gasteiger partial charge in [0.2, 0.25) is 0 Å². The third-order valence-electron chi connectivity index (χ3n) is 4.51. The van der Waals surface area contributed by atoms with Crippen LogP contribution in [-0.4, -0.2) is 43.2 Å². The van der Waals surface area contributed by atoms with Gasteiger partial charge in [0.15, 0.2) is 0 Å². The van der Waals surface area contributed by atoms with E-state index in [1.54, 1.807) is 0 Å². The summed E-state index contributed by atoms with van der Waals surface area (Å²) < 4.78 is 6.45. The van der Waals surface area contributed by atoms with E-state index >= 15 is 0 Å². The Hall–Kier alpha value is -0.570. The minimum absolute atomic E-state index is 0.129. The summed E-state index contributed by atoms with van der Waals surface area (Å²) in [5.74, 6) is 0.471. The molecule has 0 N–H and O–H groups in total. The van der Waals surface area contributed by atoms with E-state index in [1.165, 1.54) is 56.6 Å². The lowest BCUT2D eigenvalue weighted by molar-refractivity contribution is -0.947. The zero-order valence-electron chi connectivity index (χ0n) is 10.6. The molecule has 16 heavy (non-hydrogen) atoms. The van der Waals surface area contributed by atoms with Crippen LogP contribution < -0.4 is 0 Å². The molecule has 0 radical (unpaired) electrons. The lowest BCUT2D eigenvalue weighted by Gasteiger charge is -2.51. The van der Waals surface area contributed by atoms with Crippen LogP contribution in [0.3, 0.4) is 0 Å². The molecule has 0 amide bonds. The van der Waals surface area contributed by atoms with Crippen molar-refractivity contribution in [2.75, 3.05) is 26.7 Å². The fourth-order valence-electron chi connectivity index (χ4n) is 3.65. The lowest BCUT2D eigenvalue weighted by Crippen LogP contribution is -2.61. The lowest BCUT2D eigenvalue weighted by atomic mass is 9.82. The molecule has 0 unspecified atom stereocenters. The van der Waals surface area contributed by atoms with Crippen LogP contribution in [0.4, 0.5) is 0 Å². The second-order valence-corrected chi connectivity index (χ2v) is 5.69. The molecule has 3 atom stereocenters. The molecular weight excluding hydrogens is 202 g/mol. The quantitative estimate of drug-likeness (QED) is 0.531. The van der Waals surface area contributed by atoms with Gasteiger partial charge in [-0.25, -0.2) is 0 Å². The summed E-state index contributed by atoms with van der Waals surface area (Å²) in [5.41, 5.74) is 0. The number of fused-ring (bicyclic) bond motifs is 1. The number of carbonyl (C=O) groups is 1. The number of ether oxygens (including phenoxy) is 1. The summed E-state index contributed by atoms with van der Waals surface area (Å²) in [6, 6.07) is 0.738. The van der Waals surface area contributed by atoms with E-state index < -0.39 is 0 Å². The van der Waals surface area contributed by atoms with Crippen molar-refractivity contribution in [3.8, 4) is 0 Å². The van der Waals surface area contributed by atoms with Crippen LogP contribution in [0.5, 0.6) is 0 Å².